The van der Waals surface area contributed by atoms with Crippen LogP contribution in [0.4, 0.5) is 5.00 Å². The highest BCUT2D eigenvalue weighted by Gasteiger charge is 2.17. The maximum absolute atomic E-state index is 12.1. The van der Waals surface area contributed by atoms with Crippen molar-refractivity contribution in [3.8, 4) is 0 Å². The first-order valence-corrected chi connectivity index (χ1v) is 7.73. The Morgan fingerprint density at radius 1 is 1.36 bits per heavy atom. The molecule has 0 bridgehead atoms. The van der Waals surface area contributed by atoms with Crippen molar-refractivity contribution < 1.29 is 18.8 Å². The van der Waals surface area contributed by atoms with Crippen LogP contribution in [0.3, 0.4) is 0 Å². The average molecular weight is 322 g/mol. The zero-order chi connectivity index (χ0) is 16.3. The largest absolute Gasteiger partial charge is 0.462 e. The molecule has 0 atom stereocenters. The molecule has 0 saturated heterocycles. The van der Waals surface area contributed by atoms with Gasteiger partial charge in [0.2, 0.25) is 5.91 Å². The van der Waals surface area contributed by atoms with Crippen LogP contribution in [-0.4, -0.2) is 23.6 Å². The summed E-state index contributed by atoms with van der Waals surface area (Å²) in [6.45, 7) is 7.47. The van der Waals surface area contributed by atoms with Crippen LogP contribution in [0.1, 0.15) is 39.2 Å². The number of carbonyl (C=O) groups is 2. The third-order valence-electron chi connectivity index (χ3n) is 3.16. The quantitative estimate of drug-likeness (QED) is 0.856. The molecular weight excluding hydrogens is 304 g/mol. The van der Waals surface area contributed by atoms with E-state index >= 15 is 0 Å². The van der Waals surface area contributed by atoms with E-state index in [4.69, 9.17) is 9.26 Å². The summed E-state index contributed by atoms with van der Waals surface area (Å²) >= 11 is 1.21. The Balaban J connectivity index is 2.06. The Bertz CT molecular complexity index is 683. The number of aryl methyl sites for hydroxylation is 3. The van der Waals surface area contributed by atoms with Crippen molar-refractivity contribution in [2.45, 2.75) is 34.1 Å². The van der Waals surface area contributed by atoms with Gasteiger partial charge in [0, 0.05) is 5.56 Å². The predicted molar refractivity (Wildman–Crippen MR) is 83.3 cm³/mol. The summed E-state index contributed by atoms with van der Waals surface area (Å²) in [7, 11) is 0. The molecule has 2 rings (SSSR count). The van der Waals surface area contributed by atoms with Crippen LogP contribution in [0.5, 0.6) is 0 Å². The first-order valence-electron chi connectivity index (χ1n) is 6.91. The summed E-state index contributed by atoms with van der Waals surface area (Å²) in [5, 5.41) is 7.24. The van der Waals surface area contributed by atoms with Gasteiger partial charge in [0.15, 0.2) is 0 Å². The van der Waals surface area contributed by atoms with Gasteiger partial charge in [0.05, 0.1) is 23.7 Å². The molecule has 0 aliphatic heterocycles. The minimum atomic E-state index is -0.365. The van der Waals surface area contributed by atoms with Crippen molar-refractivity contribution in [3.05, 3.63) is 33.5 Å². The van der Waals surface area contributed by atoms with Crippen molar-refractivity contribution in [3.63, 3.8) is 0 Å². The van der Waals surface area contributed by atoms with Crippen LogP contribution >= 0.6 is 11.3 Å². The molecule has 118 valence electrons. The molecule has 0 fully saturated rings. The van der Waals surface area contributed by atoms with Crippen molar-refractivity contribution in [2.24, 2.45) is 0 Å². The van der Waals surface area contributed by atoms with E-state index < -0.39 is 0 Å². The Hall–Kier alpha value is -2.15. The van der Waals surface area contributed by atoms with E-state index in [1.165, 1.54) is 11.3 Å². The van der Waals surface area contributed by atoms with Gasteiger partial charge in [-0.2, -0.15) is 0 Å². The summed E-state index contributed by atoms with van der Waals surface area (Å²) in [6, 6.07) is 1.77. The molecule has 0 spiro atoms. The molecule has 0 saturated carbocycles. The number of aromatic nitrogens is 1. The van der Waals surface area contributed by atoms with Crippen molar-refractivity contribution in [2.75, 3.05) is 11.9 Å². The molecular formula is C15H18N2O4S. The van der Waals surface area contributed by atoms with E-state index in [0.29, 0.717) is 27.9 Å². The number of carbonyl (C=O) groups excluding carboxylic acids is 2. The number of hydrogen-bond donors (Lipinski definition) is 1. The van der Waals surface area contributed by atoms with Crippen LogP contribution in [0.25, 0.3) is 0 Å². The molecule has 2 aromatic rings. The fraction of sp³-hybridized carbons (Fsp3) is 0.400. The summed E-state index contributed by atoms with van der Waals surface area (Å²) in [5.41, 5.74) is 2.29. The van der Waals surface area contributed by atoms with Crippen LogP contribution in [0.15, 0.2) is 10.6 Å². The molecule has 1 N–H and O–H groups in total. The molecule has 6 nitrogen and oxygen atoms in total. The number of anilines is 1. The van der Waals surface area contributed by atoms with Crippen LogP contribution in [0.2, 0.25) is 0 Å². The highest BCUT2D eigenvalue weighted by atomic mass is 32.1. The van der Waals surface area contributed by atoms with Gasteiger partial charge < -0.3 is 14.6 Å². The van der Waals surface area contributed by atoms with Crippen molar-refractivity contribution in [1.82, 2.24) is 5.16 Å². The number of thiophene rings is 1. The van der Waals surface area contributed by atoms with Gasteiger partial charge in [-0.3, -0.25) is 4.79 Å². The van der Waals surface area contributed by atoms with Crippen molar-refractivity contribution >= 4 is 28.2 Å². The molecule has 7 heteroatoms. The molecule has 0 aliphatic rings. The maximum atomic E-state index is 12.1. The molecule has 0 aromatic carbocycles. The molecule has 22 heavy (non-hydrogen) atoms. The van der Waals surface area contributed by atoms with Gasteiger partial charge in [-0.1, -0.05) is 5.16 Å². The minimum Gasteiger partial charge on any atom is -0.462 e. The van der Waals surface area contributed by atoms with E-state index in [2.05, 4.69) is 10.5 Å². The van der Waals surface area contributed by atoms with Crippen LogP contribution in [0, 0.1) is 20.8 Å². The van der Waals surface area contributed by atoms with E-state index in [1.54, 1.807) is 26.8 Å². The van der Waals surface area contributed by atoms with Gasteiger partial charge in [0.25, 0.3) is 0 Å². The third-order valence-corrected chi connectivity index (χ3v) is 4.29. The van der Waals surface area contributed by atoms with Crippen LogP contribution < -0.4 is 5.32 Å². The molecule has 2 heterocycles. The number of nitrogens with one attached hydrogen (secondary N) is 1. The van der Waals surface area contributed by atoms with E-state index in [9.17, 15) is 9.59 Å². The number of amides is 1. The number of esters is 1. The van der Waals surface area contributed by atoms with Gasteiger partial charge in [-0.25, -0.2) is 4.79 Å². The lowest BCUT2D eigenvalue weighted by atomic mass is 10.1. The summed E-state index contributed by atoms with van der Waals surface area (Å²) in [4.78, 5) is 24.4. The smallest absolute Gasteiger partial charge is 0.348 e. The zero-order valence-corrected chi connectivity index (χ0v) is 13.8. The summed E-state index contributed by atoms with van der Waals surface area (Å²) in [5.74, 6) is 0.101. The zero-order valence-electron chi connectivity index (χ0n) is 13.0. The lowest BCUT2D eigenvalue weighted by Crippen LogP contribution is -2.14. The van der Waals surface area contributed by atoms with Crippen LogP contribution in [-0.2, 0) is 16.0 Å². The second kappa shape index (κ2) is 6.74. The lowest BCUT2D eigenvalue weighted by Gasteiger charge is -2.02. The molecule has 0 radical (unpaired) electrons. The molecule has 0 unspecified atom stereocenters. The monoisotopic (exact) mass is 322 g/mol. The normalized spacial score (nSPS) is 10.5. The molecule has 0 aliphatic carbocycles. The number of nitrogens with zero attached hydrogens (tertiary/aromatic N) is 1. The predicted octanol–water partition coefficient (Wildman–Crippen LogP) is 3.02. The van der Waals surface area contributed by atoms with E-state index in [1.807, 2.05) is 6.92 Å². The topological polar surface area (TPSA) is 81.4 Å². The lowest BCUT2D eigenvalue weighted by molar-refractivity contribution is -0.115. The molecule has 2 aromatic heterocycles. The number of hydrogen-bond acceptors (Lipinski definition) is 6. The average Bonchev–Trinajstić information content (AvgIpc) is 2.96. The third kappa shape index (κ3) is 3.54. The second-order valence-corrected chi connectivity index (χ2v) is 5.92. The first kappa shape index (κ1) is 16.2. The van der Waals surface area contributed by atoms with E-state index in [-0.39, 0.29) is 18.3 Å². The Morgan fingerprint density at radius 2 is 2.09 bits per heavy atom. The van der Waals surface area contributed by atoms with E-state index in [0.717, 1.165) is 11.1 Å². The Labute approximate surface area is 132 Å². The Morgan fingerprint density at radius 3 is 2.68 bits per heavy atom. The van der Waals surface area contributed by atoms with Gasteiger partial charge in [-0.15, -0.1) is 11.3 Å². The fourth-order valence-corrected chi connectivity index (χ4v) is 3.02. The molecule has 1 amide bonds. The van der Waals surface area contributed by atoms with Gasteiger partial charge >= 0.3 is 5.97 Å². The number of rotatable bonds is 5. The summed E-state index contributed by atoms with van der Waals surface area (Å²) < 4.78 is 10.0. The summed E-state index contributed by atoms with van der Waals surface area (Å²) in [6.07, 6.45) is 0.187. The fourth-order valence-electron chi connectivity index (χ4n) is 2.04. The van der Waals surface area contributed by atoms with Gasteiger partial charge in [0.1, 0.15) is 10.6 Å². The maximum Gasteiger partial charge on any atom is 0.348 e. The first-order chi connectivity index (χ1) is 10.4. The standard InChI is InChI=1S/C15H18N2O4S/c1-5-20-15(19)14-8(2)6-13(22-14)16-12(18)7-11-9(3)17-21-10(11)4/h6H,5,7H2,1-4H3,(H,16,18). The number of ether oxygens (including phenoxy) is 1. The Kier molecular flexibility index (Phi) is 4.97. The highest BCUT2D eigenvalue weighted by molar-refractivity contribution is 7.18. The van der Waals surface area contributed by atoms with Crippen molar-refractivity contribution in [1.29, 1.82) is 0 Å². The minimum absolute atomic E-state index is 0.175. The van der Waals surface area contributed by atoms with Gasteiger partial charge in [-0.05, 0) is 39.3 Å². The second-order valence-electron chi connectivity index (χ2n) is 4.87. The highest BCUT2D eigenvalue weighted by Crippen LogP contribution is 2.27. The SMILES string of the molecule is CCOC(=O)c1sc(NC(=O)Cc2c(C)noc2C)cc1C.